The van der Waals surface area contributed by atoms with E-state index in [-0.39, 0.29) is 12.6 Å². The molecule has 124 valence electrons. The molecule has 0 bridgehead atoms. The van der Waals surface area contributed by atoms with E-state index >= 15 is 0 Å². The van der Waals surface area contributed by atoms with Crippen LogP contribution in [0.3, 0.4) is 0 Å². The summed E-state index contributed by atoms with van der Waals surface area (Å²) < 4.78 is 15.3. The SMILES string of the molecule is COC(=O)CCCCCCc1c(OC)ccc(OC)c1CO. The average molecular weight is 310 g/mol. The summed E-state index contributed by atoms with van der Waals surface area (Å²) in [5.74, 6) is 1.31. The molecule has 0 saturated heterocycles. The summed E-state index contributed by atoms with van der Waals surface area (Å²) >= 11 is 0. The van der Waals surface area contributed by atoms with E-state index in [1.807, 2.05) is 12.1 Å². The maximum Gasteiger partial charge on any atom is 0.305 e. The molecule has 0 saturated carbocycles. The Hall–Kier alpha value is -1.75. The van der Waals surface area contributed by atoms with Gasteiger partial charge in [0.05, 0.1) is 27.9 Å². The van der Waals surface area contributed by atoms with Crippen molar-refractivity contribution in [3.05, 3.63) is 23.3 Å². The molecule has 1 N–H and O–H groups in total. The molecule has 0 spiro atoms. The summed E-state index contributed by atoms with van der Waals surface area (Å²) in [7, 11) is 4.63. The second kappa shape index (κ2) is 10.1. The van der Waals surface area contributed by atoms with Crippen molar-refractivity contribution in [3.63, 3.8) is 0 Å². The van der Waals surface area contributed by atoms with Crippen molar-refractivity contribution in [1.82, 2.24) is 0 Å². The second-order valence-corrected chi connectivity index (χ2v) is 5.08. The maximum atomic E-state index is 11.0. The molecule has 0 aromatic heterocycles. The summed E-state index contributed by atoms with van der Waals surface area (Å²) in [5.41, 5.74) is 1.79. The molecule has 0 fully saturated rings. The van der Waals surface area contributed by atoms with Crippen LogP contribution in [0, 0.1) is 0 Å². The molecule has 5 nitrogen and oxygen atoms in total. The van der Waals surface area contributed by atoms with Gasteiger partial charge in [-0.2, -0.15) is 0 Å². The minimum absolute atomic E-state index is 0.0714. The van der Waals surface area contributed by atoms with E-state index in [9.17, 15) is 9.90 Å². The number of esters is 1. The van der Waals surface area contributed by atoms with E-state index < -0.39 is 0 Å². The van der Waals surface area contributed by atoms with Gasteiger partial charge in [-0.05, 0) is 31.4 Å². The molecular weight excluding hydrogens is 284 g/mol. The third-order valence-corrected chi connectivity index (χ3v) is 3.73. The Labute approximate surface area is 132 Å². The number of rotatable bonds is 10. The van der Waals surface area contributed by atoms with Gasteiger partial charge in [-0.15, -0.1) is 0 Å². The highest BCUT2D eigenvalue weighted by atomic mass is 16.5. The lowest BCUT2D eigenvalue weighted by atomic mass is 9.99. The normalized spacial score (nSPS) is 10.4. The van der Waals surface area contributed by atoms with Crippen molar-refractivity contribution < 1.29 is 24.1 Å². The smallest absolute Gasteiger partial charge is 0.305 e. The molecule has 0 aliphatic heterocycles. The van der Waals surface area contributed by atoms with Crippen LogP contribution in [0.25, 0.3) is 0 Å². The lowest BCUT2D eigenvalue weighted by molar-refractivity contribution is -0.140. The molecule has 0 radical (unpaired) electrons. The summed E-state index contributed by atoms with van der Waals surface area (Å²) in [4.78, 5) is 11.0. The van der Waals surface area contributed by atoms with Crippen LogP contribution in [0.5, 0.6) is 11.5 Å². The Balaban J connectivity index is 2.55. The van der Waals surface area contributed by atoms with Crippen molar-refractivity contribution in [2.75, 3.05) is 21.3 Å². The van der Waals surface area contributed by atoms with Gasteiger partial charge in [-0.1, -0.05) is 12.8 Å². The number of benzene rings is 1. The molecule has 0 unspecified atom stereocenters. The summed E-state index contributed by atoms with van der Waals surface area (Å²) in [5, 5.41) is 9.59. The van der Waals surface area contributed by atoms with Crippen LogP contribution in [-0.4, -0.2) is 32.4 Å². The molecule has 1 aromatic carbocycles. The van der Waals surface area contributed by atoms with Crippen LogP contribution < -0.4 is 9.47 Å². The zero-order valence-electron chi connectivity index (χ0n) is 13.7. The van der Waals surface area contributed by atoms with Gasteiger partial charge >= 0.3 is 5.97 Å². The lowest BCUT2D eigenvalue weighted by Gasteiger charge is -2.16. The number of aliphatic hydroxyl groups excluding tert-OH is 1. The molecule has 0 aliphatic rings. The molecule has 0 heterocycles. The first-order valence-electron chi connectivity index (χ1n) is 7.58. The molecule has 5 heteroatoms. The zero-order valence-corrected chi connectivity index (χ0v) is 13.7. The first kappa shape index (κ1) is 18.3. The van der Waals surface area contributed by atoms with Gasteiger partial charge in [-0.3, -0.25) is 4.79 Å². The summed E-state index contributed by atoms with van der Waals surface area (Å²) in [6.45, 7) is -0.0714. The zero-order chi connectivity index (χ0) is 16.4. The average Bonchev–Trinajstić information content (AvgIpc) is 2.56. The van der Waals surface area contributed by atoms with Crippen LogP contribution in [0.4, 0.5) is 0 Å². The summed E-state index contributed by atoms with van der Waals surface area (Å²) in [6, 6.07) is 3.68. The van der Waals surface area contributed by atoms with Crippen molar-refractivity contribution in [2.24, 2.45) is 0 Å². The first-order chi connectivity index (χ1) is 10.7. The highest BCUT2D eigenvalue weighted by Gasteiger charge is 2.13. The molecule has 0 amide bonds. The largest absolute Gasteiger partial charge is 0.496 e. The van der Waals surface area contributed by atoms with Gasteiger partial charge in [0, 0.05) is 17.5 Å². The summed E-state index contributed by atoms with van der Waals surface area (Å²) in [6.07, 6.45) is 5.10. The molecular formula is C17H26O5. The van der Waals surface area contributed by atoms with Crippen molar-refractivity contribution >= 4 is 5.97 Å². The van der Waals surface area contributed by atoms with Crippen LogP contribution >= 0.6 is 0 Å². The Morgan fingerprint density at radius 3 is 2.09 bits per heavy atom. The van der Waals surface area contributed by atoms with Gasteiger partial charge in [0.2, 0.25) is 0 Å². The number of carbonyl (C=O) groups is 1. The molecule has 22 heavy (non-hydrogen) atoms. The number of ether oxygens (including phenoxy) is 3. The van der Waals surface area contributed by atoms with Gasteiger partial charge < -0.3 is 19.3 Å². The van der Waals surface area contributed by atoms with E-state index in [0.717, 1.165) is 49.0 Å². The molecule has 0 atom stereocenters. The molecule has 1 aromatic rings. The monoisotopic (exact) mass is 310 g/mol. The van der Waals surface area contributed by atoms with Crippen molar-refractivity contribution in [3.8, 4) is 11.5 Å². The quantitative estimate of drug-likeness (QED) is 0.532. The standard InChI is InChI=1S/C17H26O5/c1-20-15-10-11-16(21-2)14(12-18)13(15)8-6-4-5-7-9-17(19)22-3/h10-11,18H,4-9,12H2,1-3H3. The number of methoxy groups -OCH3 is 3. The third-order valence-electron chi connectivity index (χ3n) is 3.73. The Morgan fingerprint density at radius 2 is 1.55 bits per heavy atom. The number of hydrogen-bond donors (Lipinski definition) is 1. The van der Waals surface area contributed by atoms with E-state index in [2.05, 4.69) is 4.74 Å². The third kappa shape index (κ3) is 5.22. The topological polar surface area (TPSA) is 65.0 Å². The minimum atomic E-state index is -0.156. The Kier molecular flexibility index (Phi) is 8.36. The van der Waals surface area contributed by atoms with E-state index in [1.165, 1.54) is 7.11 Å². The van der Waals surface area contributed by atoms with Gasteiger partial charge in [0.15, 0.2) is 0 Å². The number of hydrogen-bond acceptors (Lipinski definition) is 5. The highest BCUT2D eigenvalue weighted by molar-refractivity contribution is 5.68. The van der Waals surface area contributed by atoms with Crippen LogP contribution in [0.15, 0.2) is 12.1 Å². The fraction of sp³-hybridized carbons (Fsp3) is 0.588. The van der Waals surface area contributed by atoms with Crippen molar-refractivity contribution in [1.29, 1.82) is 0 Å². The first-order valence-corrected chi connectivity index (χ1v) is 7.58. The molecule has 1 rings (SSSR count). The van der Waals surface area contributed by atoms with E-state index in [4.69, 9.17) is 9.47 Å². The number of carbonyl (C=O) groups excluding carboxylic acids is 1. The minimum Gasteiger partial charge on any atom is -0.496 e. The van der Waals surface area contributed by atoms with Crippen LogP contribution in [0.2, 0.25) is 0 Å². The fourth-order valence-electron chi connectivity index (χ4n) is 2.51. The second-order valence-electron chi connectivity index (χ2n) is 5.08. The Morgan fingerprint density at radius 1 is 0.955 bits per heavy atom. The molecule has 0 aliphatic carbocycles. The predicted molar refractivity (Wildman–Crippen MR) is 84.3 cm³/mol. The van der Waals surface area contributed by atoms with Crippen LogP contribution in [-0.2, 0) is 22.6 Å². The predicted octanol–water partition coefficient (Wildman–Crippen LogP) is 2.86. The lowest BCUT2D eigenvalue weighted by Crippen LogP contribution is -2.02. The van der Waals surface area contributed by atoms with Gasteiger partial charge in [0.1, 0.15) is 11.5 Å². The number of unbranched alkanes of at least 4 members (excludes halogenated alkanes) is 3. The van der Waals surface area contributed by atoms with E-state index in [1.54, 1.807) is 14.2 Å². The fourth-order valence-corrected chi connectivity index (χ4v) is 2.51. The van der Waals surface area contributed by atoms with Crippen LogP contribution in [0.1, 0.15) is 43.2 Å². The maximum absolute atomic E-state index is 11.0. The van der Waals surface area contributed by atoms with E-state index in [0.29, 0.717) is 12.2 Å². The van der Waals surface area contributed by atoms with Crippen molar-refractivity contribution in [2.45, 2.75) is 45.1 Å². The highest BCUT2D eigenvalue weighted by Crippen LogP contribution is 2.32. The van der Waals surface area contributed by atoms with Gasteiger partial charge in [-0.25, -0.2) is 0 Å². The number of aliphatic hydroxyl groups is 1. The van der Waals surface area contributed by atoms with Gasteiger partial charge in [0.25, 0.3) is 0 Å². The Bertz CT molecular complexity index is 470.